The highest BCUT2D eigenvalue weighted by atomic mass is 16.6. The van der Waals surface area contributed by atoms with Gasteiger partial charge in [0.2, 0.25) is 0 Å². The largest absolute Gasteiger partial charge is 0.465 e. The van der Waals surface area contributed by atoms with Crippen molar-refractivity contribution in [1.82, 2.24) is 15.1 Å². The molecule has 2 fully saturated rings. The van der Waals surface area contributed by atoms with E-state index in [2.05, 4.69) is 10.2 Å². The number of ether oxygens (including phenoxy) is 1. The van der Waals surface area contributed by atoms with Crippen LogP contribution in [0.15, 0.2) is 0 Å². The van der Waals surface area contributed by atoms with Gasteiger partial charge < -0.3 is 20.1 Å². The van der Waals surface area contributed by atoms with E-state index < -0.39 is 11.7 Å². The highest BCUT2D eigenvalue weighted by molar-refractivity contribution is 5.68. The molecule has 2 aliphatic rings. The number of carboxylic acid groups (broad SMARTS) is 1. The summed E-state index contributed by atoms with van der Waals surface area (Å²) < 4.78 is 5.28. The maximum Gasteiger partial charge on any atom is 0.407 e. The van der Waals surface area contributed by atoms with Crippen molar-refractivity contribution < 1.29 is 19.4 Å². The molecule has 1 atom stereocenters. The molecule has 1 unspecified atom stereocenters. The van der Waals surface area contributed by atoms with Crippen LogP contribution in [-0.4, -0.2) is 71.0 Å². The molecule has 2 N–H and O–H groups in total. The number of carbonyl (C=O) groups is 2. The minimum atomic E-state index is -0.829. The second-order valence-corrected chi connectivity index (χ2v) is 7.13. The predicted octanol–water partition coefficient (Wildman–Crippen LogP) is 1.73. The number of piperidine rings is 1. The van der Waals surface area contributed by atoms with Gasteiger partial charge in [0.05, 0.1) is 0 Å². The Balaban J connectivity index is 1.74. The molecule has 0 bridgehead atoms. The Hall–Kier alpha value is -1.50. The molecular weight excluding hydrogens is 286 g/mol. The summed E-state index contributed by atoms with van der Waals surface area (Å²) in [5.41, 5.74) is -0.480. The monoisotopic (exact) mass is 313 g/mol. The van der Waals surface area contributed by atoms with Gasteiger partial charge in [-0.25, -0.2) is 9.59 Å². The van der Waals surface area contributed by atoms with Crippen LogP contribution in [0.5, 0.6) is 0 Å². The first-order valence-electron chi connectivity index (χ1n) is 7.96. The molecular formula is C15H27N3O4. The third-order valence-electron chi connectivity index (χ3n) is 4.19. The first-order valence-corrected chi connectivity index (χ1v) is 7.96. The fraction of sp³-hybridized carbons (Fsp3) is 0.867. The molecule has 7 nitrogen and oxygen atoms in total. The second-order valence-electron chi connectivity index (χ2n) is 7.13. The van der Waals surface area contributed by atoms with Crippen LogP contribution in [0.3, 0.4) is 0 Å². The number of carbonyl (C=O) groups excluding carboxylic acids is 1. The molecule has 0 spiro atoms. The van der Waals surface area contributed by atoms with Gasteiger partial charge in [-0.3, -0.25) is 4.90 Å². The number of hydrogen-bond acceptors (Lipinski definition) is 4. The molecule has 2 saturated heterocycles. The highest BCUT2D eigenvalue weighted by Crippen LogP contribution is 2.21. The van der Waals surface area contributed by atoms with E-state index in [-0.39, 0.29) is 12.1 Å². The smallest absolute Gasteiger partial charge is 0.407 e. The van der Waals surface area contributed by atoms with Crippen molar-refractivity contribution in [1.29, 1.82) is 0 Å². The van der Waals surface area contributed by atoms with Gasteiger partial charge in [0.15, 0.2) is 0 Å². The third kappa shape index (κ3) is 4.76. The van der Waals surface area contributed by atoms with Crippen LogP contribution < -0.4 is 5.32 Å². The molecule has 0 saturated carbocycles. The molecule has 0 radical (unpaired) electrons. The van der Waals surface area contributed by atoms with Gasteiger partial charge in [-0.1, -0.05) is 0 Å². The minimum Gasteiger partial charge on any atom is -0.465 e. The van der Waals surface area contributed by atoms with Gasteiger partial charge in [0.25, 0.3) is 0 Å². The number of alkyl carbamates (subject to hydrolysis) is 1. The van der Waals surface area contributed by atoms with Crippen LogP contribution in [-0.2, 0) is 4.74 Å². The summed E-state index contributed by atoms with van der Waals surface area (Å²) >= 11 is 0. The zero-order valence-corrected chi connectivity index (χ0v) is 13.7. The zero-order valence-electron chi connectivity index (χ0n) is 13.7. The van der Waals surface area contributed by atoms with Crippen LogP contribution in [0.25, 0.3) is 0 Å². The molecule has 7 heteroatoms. The molecule has 2 heterocycles. The average molecular weight is 313 g/mol. The lowest BCUT2D eigenvalue weighted by Crippen LogP contribution is -2.47. The second kappa shape index (κ2) is 6.73. The number of nitrogens with zero attached hydrogens (tertiary/aromatic N) is 2. The summed E-state index contributed by atoms with van der Waals surface area (Å²) in [5.74, 6) is 0. The third-order valence-corrected chi connectivity index (χ3v) is 4.19. The summed E-state index contributed by atoms with van der Waals surface area (Å²) in [6.45, 7) is 8.51. The minimum absolute atomic E-state index is 0.118. The summed E-state index contributed by atoms with van der Waals surface area (Å²) in [6.07, 6.45) is 1.46. The van der Waals surface area contributed by atoms with Gasteiger partial charge >= 0.3 is 12.2 Å². The number of hydrogen-bond donors (Lipinski definition) is 2. The highest BCUT2D eigenvalue weighted by Gasteiger charge is 2.32. The van der Waals surface area contributed by atoms with Gasteiger partial charge in [-0.2, -0.15) is 0 Å². The topological polar surface area (TPSA) is 82.1 Å². The SMILES string of the molecule is CC(C)(C)OC(=O)NC1CCN(C2CCN(C(=O)O)CC2)C1. The number of nitrogens with one attached hydrogen (secondary N) is 1. The molecule has 0 aliphatic carbocycles. The van der Waals surface area contributed by atoms with Gasteiger partial charge in [0.1, 0.15) is 5.60 Å². The molecule has 2 rings (SSSR count). The van der Waals surface area contributed by atoms with E-state index in [0.29, 0.717) is 19.1 Å². The fourth-order valence-electron chi connectivity index (χ4n) is 3.13. The van der Waals surface area contributed by atoms with Crippen molar-refractivity contribution in [2.45, 2.75) is 57.7 Å². The number of rotatable bonds is 2. The van der Waals surface area contributed by atoms with Crippen molar-refractivity contribution in [3.8, 4) is 0 Å². The van der Waals surface area contributed by atoms with E-state index in [4.69, 9.17) is 9.84 Å². The standard InChI is InChI=1S/C15H27N3O4/c1-15(2,3)22-13(19)16-11-4-7-18(10-11)12-5-8-17(9-6-12)14(20)21/h11-12H,4-10H2,1-3H3,(H,16,19)(H,20,21). The van der Waals surface area contributed by atoms with Crippen molar-refractivity contribution in [3.05, 3.63) is 0 Å². The van der Waals surface area contributed by atoms with Crippen LogP contribution in [0.4, 0.5) is 9.59 Å². The Morgan fingerprint density at radius 2 is 1.77 bits per heavy atom. The summed E-state index contributed by atoms with van der Waals surface area (Å²) in [6, 6.07) is 0.536. The van der Waals surface area contributed by atoms with Crippen LogP contribution >= 0.6 is 0 Å². The van der Waals surface area contributed by atoms with E-state index in [0.717, 1.165) is 32.4 Å². The Kier molecular flexibility index (Phi) is 5.16. The fourth-order valence-corrected chi connectivity index (χ4v) is 3.13. The Bertz CT molecular complexity index is 414. The summed E-state index contributed by atoms with van der Waals surface area (Å²) in [4.78, 5) is 26.5. The Morgan fingerprint density at radius 3 is 2.32 bits per heavy atom. The van der Waals surface area contributed by atoms with Crippen LogP contribution in [0.2, 0.25) is 0 Å². The normalized spacial score (nSPS) is 24.3. The van der Waals surface area contributed by atoms with Crippen LogP contribution in [0, 0.1) is 0 Å². The van der Waals surface area contributed by atoms with Gasteiger partial charge in [0, 0.05) is 38.3 Å². The van der Waals surface area contributed by atoms with E-state index in [1.807, 2.05) is 20.8 Å². The van der Waals surface area contributed by atoms with Crippen molar-refractivity contribution in [2.75, 3.05) is 26.2 Å². The van der Waals surface area contributed by atoms with Gasteiger partial charge in [-0.15, -0.1) is 0 Å². The summed E-state index contributed by atoms with van der Waals surface area (Å²) in [7, 11) is 0. The first kappa shape index (κ1) is 16.9. The zero-order chi connectivity index (χ0) is 16.3. The first-order chi connectivity index (χ1) is 10.2. The maximum atomic E-state index is 11.8. The summed E-state index contributed by atoms with van der Waals surface area (Å²) in [5, 5.41) is 11.9. The van der Waals surface area contributed by atoms with E-state index >= 15 is 0 Å². The van der Waals surface area contributed by atoms with Crippen molar-refractivity contribution >= 4 is 12.2 Å². The Morgan fingerprint density at radius 1 is 1.14 bits per heavy atom. The lowest BCUT2D eigenvalue weighted by molar-refractivity contribution is 0.0501. The quantitative estimate of drug-likeness (QED) is 0.811. The van der Waals surface area contributed by atoms with E-state index in [1.165, 1.54) is 4.90 Å². The molecule has 0 aromatic rings. The predicted molar refractivity (Wildman–Crippen MR) is 82.0 cm³/mol. The molecule has 2 aliphatic heterocycles. The lowest BCUT2D eigenvalue weighted by atomic mass is 10.0. The maximum absolute atomic E-state index is 11.8. The van der Waals surface area contributed by atoms with Crippen LogP contribution in [0.1, 0.15) is 40.0 Å². The molecule has 22 heavy (non-hydrogen) atoms. The van der Waals surface area contributed by atoms with Crippen molar-refractivity contribution in [3.63, 3.8) is 0 Å². The molecule has 0 aromatic carbocycles. The molecule has 0 aromatic heterocycles. The Labute approximate surface area is 131 Å². The number of likely N-dealkylation sites (tertiary alicyclic amines) is 2. The van der Waals surface area contributed by atoms with Crippen molar-refractivity contribution in [2.24, 2.45) is 0 Å². The number of amides is 2. The van der Waals surface area contributed by atoms with E-state index in [1.54, 1.807) is 0 Å². The molecule has 126 valence electrons. The average Bonchev–Trinajstić information content (AvgIpc) is 2.85. The lowest BCUT2D eigenvalue weighted by Gasteiger charge is -2.35. The molecule has 2 amide bonds. The van der Waals surface area contributed by atoms with E-state index in [9.17, 15) is 9.59 Å². The van der Waals surface area contributed by atoms with Gasteiger partial charge in [-0.05, 0) is 40.0 Å².